The number of hydrogen-bond donors (Lipinski definition) is 5. The number of aliphatic hydroxyl groups is 3. The van der Waals surface area contributed by atoms with Crippen LogP contribution < -0.4 is 0 Å². The van der Waals surface area contributed by atoms with Crippen LogP contribution in [0.25, 0.3) is 0 Å². The van der Waals surface area contributed by atoms with Gasteiger partial charge in [0.1, 0.15) is 12.2 Å². The number of esters is 1. The van der Waals surface area contributed by atoms with E-state index in [1.807, 2.05) is 0 Å². The molecule has 11 heteroatoms. The first-order valence-corrected chi connectivity index (χ1v) is 22.3. The maximum atomic E-state index is 13.2. The van der Waals surface area contributed by atoms with Gasteiger partial charge >= 0.3 is 13.6 Å². The molecule has 0 bridgehead atoms. The van der Waals surface area contributed by atoms with Crippen molar-refractivity contribution in [2.75, 3.05) is 13.2 Å². The summed E-state index contributed by atoms with van der Waals surface area (Å²) in [4.78, 5) is 45.4. The number of ether oxygens (including phenoxy) is 2. The van der Waals surface area contributed by atoms with Crippen LogP contribution in [0.5, 0.6) is 0 Å². The Morgan fingerprint density at radius 2 is 1.00 bits per heavy atom. The number of carbonyl (C=O) groups excluding carboxylic acids is 2. The molecule has 0 spiro atoms. The van der Waals surface area contributed by atoms with Crippen LogP contribution in [0.3, 0.4) is 0 Å². The lowest BCUT2D eigenvalue weighted by Crippen LogP contribution is -2.46. The van der Waals surface area contributed by atoms with Gasteiger partial charge < -0.3 is 34.6 Å². The van der Waals surface area contributed by atoms with E-state index in [9.17, 15) is 39.3 Å². The van der Waals surface area contributed by atoms with E-state index in [0.717, 1.165) is 44.9 Å². The second-order valence-corrected chi connectivity index (χ2v) is 16.0. The van der Waals surface area contributed by atoms with Crippen LogP contribution in [0.15, 0.2) is 12.2 Å². The van der Waals surface area contributed by atoms with E-state index >= 15 is 0 Å². The zero-order valence-corrected chi connectivity index (χ0v) is 33.3. The van der Waals surface area contributed by atoms with E-state index in [0.29, 0.717) is 12.8 Å². The SMILES string of the molecule is CCCCCCCCCCCCCCCC=CC(=O)C(OC(=O)CCCCCCCCCCCCCCC)[C@H](CO)OC(C(O)CO)P(=O)(O)O. The standard InChI is InChI=1S/C40H77O10P/c1-3-5-7-9-11-13-15-17-18-20-21-23-25-27-29-31-35(43)39(37(34-42)49-40(36(44)33-41)51(46,47)48)50-38(45)32-30-28-26-24-22-19-16-14-12-10-8-6-4-2/h29,31,36-37,39-42,44H,3-28,30,32-34H2,1-2H3,(H2,46,47,48)/t36?,37-,39?,40?/m0/s1. The van der Waals surface area contributed by atoms with Gasteiger partial charge in [0, 0.05) is 6.42 Å². The number of hydrogen-bond acceptors (Lipinski definition) is 8. The zero-order chi connectivity index (χ0) is 38.0. The second kappa shape index (κ2) is 34.6. The molecule has 302 valence electrons. The highest BCUT2D eigenvalue weighted by Gasteiger charge is 2.42. The summed E-state index contributed by atoms with van der Waals surface area (Å²) in [6.07, 6.45) is 29.2. The van der Waals surface area contributed by atoms with Gasteiger partial charge in [-0.05, 0) is 25.3 Å². The van der Waals surface area contributed by atoms with Crippen LogP contribution in [0.4, 0.5) is 0 Å². The van der Waals surface area contributed by atoms with Crippen molar-refractivity contribution >= 4 is 19.3 Å². The van der Waals surface area contributed by atoms with Crippen LogP contribution in [0.2, 0.25) is 0 Å². The summed E-state index contributed by atoms with van der Waals surface area (Å²) < 4.78 is 22.7. The number of rotatable bonds is 38. The van der Waals surface area contributed by atoms with Crippen LogP contribution in [-0.2, 0) is 23.6 Å². The maximum Gasteiger partial charge on any atom is 0.356 e. The van der Waals surface area contributed by atoms with Crippen molar-refractivity contribution in [3.8, 4) is 0 Å². The minimum absolute atomic E-state index is 0.0452. The molecule has 0 saturated carbocycles. The smallest absolute Gasteiger partial charge is 0.356 e. The highest BCUT2D eigenvalue weighted by Crippen LogP contribution is 2.44. The third-order valence-electron chi connectivity index (χ3n) is 9.46. The highest BCUT2D eigenvalue weighted by molar-refractivity contribution is 7.52. The van der Waals surface area contributed by atoms with Crippen molar-refractivity contribution in [2.45, 2.75) is 218 Å². The van der Waals surface area contributed by atoms with Gasteiger partial charge in [-0.3, -0.25) is 14.2 Å². The van der Waals surface area contributed by atoms with Crippen molar-refractivity contribution in [1.82, 2.24) is 0 Å². The van der Waals surface area contributed by atoms with Crippen LogP contribution in [-0.4, -0.2) is 74.2 Å². The Morgan fingerprint density at radius 3 is 1.37 bits per heavy atom. The Balaban J connectivity index is 4.78. The van der Waals surface area contributed by atoms with Crippen LogP contribution >= 0.6 is 7.60 Å². The Hall–Kier alpha value is -1.13. The average molecular weight is 749 g/mol. The summed E-state index contributed by atoms with van der Waals surface area (Å²) in [5.74, 6) is -3.59. The number of carbonyl (C=O) groups is 2. The Labute approximate surface area is 310 Å². The predicted octanol–water partition coefficient (Wildman–Crippen LogP) is 9.22. The molecule has 0 fully saturated rings. The molecule has 3 unspecified atom stereocenters. The molecule has 0 rings (SSSR count). The van der Waals surface area contributed by atoms with Crippen LogP contribution in [0.1, 0.15) is 194 Å². The molecular weight excluding hydrogens is 671 g/mol. The van der Waals surface area contributed by atoms with Gasteiger partial charge in [-0.1, -0.05) is 174 Å². The van der Waals surface area contributed by atoms with Crippen molar-refractivity contribution in [2.24, 2.45) is 0 Å². The topological polar surface area (TPSA) is 171 Å². The molecule has 0 heterocycles. The Bertz CT molecular complexity index is 892. The lowest BCUT2D eigenvalue weighted by molar-refractivity contribution is -0.171. The van der Waals surface area contributed by atoms with Gasteiger partial charge in [-0.15, -0.1) is 0 Å². The average Bonchev–Trinajstić information content (AvgIpc) is 3.10. The fourth-order valence-electron chi connectivity index (χ4n) is 6.25. The van der Waals surface area contributed by atoms with Crippen molar-refractivity contribution in [1.29, 1.82) is 0 Å². The van der Waals surface area contributed by atoms with Gasteiger partial charge in [0.05, 0.1) is 13.2 Å². The van der Waals surface area contributed by atoms with Crippen LogP contribution in [0, 0.1) is 0 Å². The summed E-state index contributed by atoms with van der Waals surface area (Å²) in [7, 11) is -5.13. The molecule has 0 aromatic rings. The molecule has 0 aromatic heterocycles. The molecule has 10 nitrogen and oxygen atoms in total. The summed E-state index contributed by atoms with van der Waals surface area (Å²) in [5.41, 5.74) is 0. The summed E-state index contributed by atoms with van der Waals surface area (Å²) in [6.45, 7) is 2.53. The minimum atomic E-state index is -5.13. The third kappa shape index (κ3) is 29.0. The molecule has 0 aromatic carbocycles. The van der Waals surface area contributed by atoms with Crippen molar-refractivity contribution in [3.63, 3.8) is 0 Å². The lowest BCUT2D eigenvalue weighted by atomic mass is 10.0. The number of ketones is 1. The maximum absolute atomic E-state index is 13.2. The minimum Gasteiger partial charge on any atom is -0.451 e. The molecule has 0 aliphatic carbocycles. The van der Waals surface area contributed by atoms with Crippen molar-refractivity contribution in [3.05, 3.63) is 12.2 Å². The van der Waals surface area contributed by atoms with E-state index in [4.69, 9.17) is 9.47 Å². The van der Waals surface area contributed by atoms with Gasteiger partial charge in [-0.25, -0.2) is 0 Å². The van der Waals surface area contributed by atoms with E-state index in [-0.39, 0.29) is 6.42 Å². The first kappa shape index (κ1) is 49.9. The Morgan fingerprint density at radius 1 is 0.608 bits per heavy atom. The molecule has 51 heavy (non-hydrogen) atoms. The molecule has 0 aliphatic rings. The first-order valence-electron chi connectivity index (χ1n) is 20.6. The fraction of sp³-hybridized carbons (Fsp3) is 0.900. The van der Waals surface area contributed by atoms with E-state index in [2.05, 4.69) is 13.8 Å². The molecule has 0 amide bonds. The molecule has 0 saturated heterocycles. The first-order chi connectivity index (χ1) is 24.6. The van der Waals surface area contributed by atoms with Gasteiger partial charge in [0.2, 0.25) is 0 Å². The molecule has 5 N–H and O–H groups in total. The summed E-state index contributed by atoms with van der Waals surface area (Å²) in [5, 5.41) is 29.3. The van der Waals surface area contributed by atoms with E-state index in [1.54, 1.807) is 6.08 Å². The van der Waals surface area contributed by atoms with E-state index < -0.39 is 56.7 Å². The van der Waals surface area contributed by atoms with Crippen molar-refractivity contribution < 1.29 is 48.7 Å². The number of allylic oxidation sites excluding steroid dienone is 1. The zero-order valence-electron chi connectivity index (χ0n) is 32.4. The number of unbranched alkanes of at least 4 members (excludes halogenated alkanes) is 25. The highest BCUT2D eigenvalue weighted by atomic mass is 31.2. The van der Waals surface area contributed by atoms with Gasteiger partial charge in [0.15, 0.2) is 17.7 Å². The van der Waals surface area contributed by atoms with E-state index in [1.165, 1.54) is 122 Å². The number of aliphatic hydroxyl groups excluding tert-OH is 3. The Kier molecular flexibility index (Phi) is 33.9. The third-order valence-corrected chi connectivity index (χ3v) is 10.6. The lowest BCUT2D eigenvalue weighted by Gasteiger charge is -2.30. The largest absolute Gasteiger partial charge is 0.451 e. The van der Waals surface area contributed by atoms with Gasteiger partial charge in [-0.2, -0.15) is 0 Å². The molecule has 0 radical (unpaired) electrons. The fourth-order valence-corrected chi connectivity index (χ4v) is 7.11. The molecular formula is C40H77O10P. The second-order valence-electron chi connectivity index (χ2n) is 14.3. The van der Waals surface area contributed by atoms with Gasteiger partial charge in [0.25, 0.3) is 0 Å². The quantitative estimate of drug-likeness (QED) is 0.0177. The molecule has 0 aliphatic heterocycles. The molecule has 4 atom stereocenters. The summed E-state index contributed by atoms with van der Waals surface area (Å²) >= 11 is 0. The predicted molar refractivity (Wildman–Crippen MR) is 206 cm³/mol. The monoisotopic (exact) mass is 749 g/mol. The summed E-state index contributed by atoms with van der Waals surface area (Å²) in [6, 6.07) is 0. The normalized spacial score (nSPS) is 14.5.